The van der Waals surface area contributed by atoms with E-state index >= 15 is 0 Å². The lowest BCUT2D eigenvalue weighted by molar-refractivity contribution is 0.598. The van der Waals surface area contributed by atoms with Gasteiger partial charge in [0.25, 0.3) is 0 Å². The molecule has 106 valence electrons. The lowest BCUT2D eigenvalue weighted by atomic mass is 10.1. The van der Waals surface area contributed by atoms with Gasteiger partial charge in [-0.2, -0.15) is 0 Å². The zero-order chi connectivity index (χ0) is 14.9. The van der Waals surface area contributed by atoms with Crippen LogP contribution in [-0.4, -0.2) is 8.42 Å². The fourth-order valence-electron chi connectivity index (χ4n) is 2.22. The highest BCUT2D eigenvalue weighted by Gasteiger charge is 2.07. The second-order valence-electron chi connectivity index (χ2n) is 4.72. The summed E-state index contributed by atoms with van der Waals surface area (Å²) in [5.74, 6) is 0. The van der Waals surface area contributed by atoms with Gasteiger partial charge in [0.2, 0.25) is 10.0 Å². The third kappa shape index (κ3) is 2.89. The Balaban J connectivity index is 1.96. The number of primary sulfonamides is 1. The molecule has 0 amide bonds. The van der Waals surface area contributed by atoms with Crippen molar-refractivity contribution in [3.63, 3.8) is 0 Å². The molecule has 0 bridgehead atoms. The molecule has 0 spiro atoms. The van der Waals surface area contributed by atoms with Crippen LogP contribution in [0.15, 0.2) is 71.6 Å². The van der Waals surface area contributed by atoms with Gasteiger partial charge in [-0.25, -0.2) is 13.6 Å². The maximum Gasteiger partial charge on any atom is 0.238 e. The van der Waals surface area contributed by atoms with Crippen molar-refractivity contribution in [3.05, 3.63) is 66.7 Å². The normalized spacial score (nSPS) is 11.5. The van der Waals surface area contributed by atoms with E-state index in [4.69, 9.17) is 5.14 Å². The molecule has 0 saturated carbocycles. The van der Waals surface area contributed by atoms with Crippen LogP contribution in [0.1, 0.15) is 0 Å². The minimum Gasteiger partial charge on any atom is -0.355 e. The summed E-state index contributed by atoms with van der Waals surface area (Å²) in [7, 11) is -3.65. The second kappa shape index (κ2) is 5.20. The zero-order valence-corrected chi connectivity index (χ0v) is 12.0. The summed E-state index contributed by atoms with van der Waals surface area (Å²) in [6.07, 6.45) is 0. The fourth-order valence-corrected chi connectivity index (χ4v) is 2.73. The molecule has 0 aliphatic heterocycles. The molecule has 3 aromatic rings. The molecule has 0 saturated heterocycles. The van der Waals surface area contributed by atoms with Crippen LogP contribution in [-0.2, 0) is 10.0 Å². The molecule has 3 aromatic carbocycles. The average molecular weight is 298 g/mol. The quantitative estimate of drug-likeness (QED) is 0.779. The van der Waals surface area contributed by atoms with Gasteiger partial charge in [-0.15, -0.1) is 0 Å². The summed E-state index contributed by atoms with van der Waals surface area (Å²) in [5.41, 5.74) is 1.77. The number of nitrogens with one attached hydrogen (secondary N) is 1. The number of hydrogen-bond acceptors (Lipinski definition) is 3. The summed E-state index contributed by atoms with van der Waals surface area (Å²) >= 11 is 0. The lowest BCUT2D eigenvalue weighted by Crippen LogP contribution is -2.11. The topological polar surface area (TPSA) is 72.2 Å². The number of fused-ring (bicyclic) bond motifs is 1. The van der Waals surface area contributed by atoms with Crippen molar-refractivity contribution in [1.82, 2.24) is 0 Å². The Morgan fingerprint density at radius 3 is 2.19 bits per heavy atom. The van der Waals surface area contributed by atoms with E-state index in [0.717, 1.165) is 22.1 Å². The lowest BCUT2D eigenvalue weighted by Gasteiger charge is -2.10. The van der Waals surface area contributed by atoms with Gasteiger partial charge in [-0.3, -0.25) is 0 Å². The Kier molecular flexibility index (Phi) is 3.37. The van der Waals surface area contributed by atoms with Gasteiger partial charge in [-0.1, -0.05) is 36.4 Å². The highest BCUT2D eigenvalue weighted by Crippen LogP contribution is 2.26. The van der Waals surface area contributed by atoms with Crippen LogP contribution in [0.4, 0.5) is 11.4 Å². The van der Waals surface area contributed by atoms with Gasteiger partial charge in [0, 0.05) is 16.8 Å². The van der Waals surface area contributed by atoms with Crippen LogP contribution in [0.3, 0.4) is 0 Å². The number of rotatable bonds is 3. The van der Waals surface area contributed by atoms with E-state index in [2.05, 4.69) is 5.32 Å². The Bertz CT molecular complexity index is 882. The first-order valence-corrected chi connectivity index (χ1v) is 7.96. The zero-order valence-electron chi connectivity index (χ0n) is 11.2. The summed E-state index contributed by atoms with van der Waals surface area (Å²) < 4.78 is 22.5. The molecule has 21 heavy (non-hydrogen) atoms. The monoisotopic (exact) mass is 298 g/mol. The van der Waals surface area contributed by atoms with Gasteiger partial charge in [0.05, 0.1) is 4.90 Å². The van der Waals surface area contributed by atoms with Crippen molar-refractivity contribution < 1.29 is 8.42 Å². The van der Waals surface area contributed by atoms with Gasteiger partial charge in [-0.05, 0) is 35.7 Å². The highest BCUT2D eigenvalue weighted by atomic mass is 32.2. The summed E-state index contributed by atoms with van der Waals surface area (Å²) in [4.78, 5) is 0.103. The van der Waals surface area contributed by atoms with Crippen LogP contribution in [0.2, 0.25) is 0 Å². The molecule has 0 fully saturated rings. The minimum atomic E-state index is -3.65. The predicted molar refractivity (Wildman–Crippen MR) is 85.0 cm³/mol. The number of sulfonamides is 1. The second-order valence-corrected chi connectivity index (χ2v) is 6.28. The molecular weight excluding hydrogens is 284 g/mol. The largest absolute Gasteiger partial charge is 0.355 e. The van der Waals surface area contributed by atoms with Gasteiger partial charge in [0.15, 0.2) is 0 Å². The highest BCUT2D eigenvalue weighted by molar-refractivity contribution is 7.89. The van der Waals surface area contributed by atoms with Crippen LogP contribution >= 0.6 is 0 Å². The standard InChI is InChI=1S/C16H14N2O2S/c17-21(19,20)14-10-8-13(9-11-14)18-16-7-3-5-12-4-1-2-6-15(12)16/h1-11,18H,(H2,17,19,20). The molecule has 0 radical (unpaired) electrons. The Morgan fingerprint density at radius 1 is 0.810 bits per heavy atom. The molecule has 0 aromatic heterocycles. The number of nitrogens with two attached hydrogens (primary N) is 1. The Labute approximate surface area is 123 Å². The molecule has 3 N–H and O–H groups in total. The van der Waals surface area contributed by atoms with Crippen molar-refractivity contribution in [2.75, 3.05) is 5.32 Å². The first-order valence-electron chi connectivity index (χ1n) is 6.42. The summed E-state index contributed by atoms with van der Waals surface area (Å²) in [5, 5.41) is 10.6. The first kappa shape index (κ1) is 13.6. The van der Waals surface area contributed by atoms with E-state index in [1.165, 1.54) is 12.1 Å². The molecule has 5 heteroatoms. The molecule has 3 rings (SSSR count). The smallest absolute Gasteiger partial charge is 0.238 e. The van der Waals surface area contributed by atoms with Gasteiger partial charge in [0.1, 0.15) is 0 Å². The van der Waals surface area contributed by atoms with Crippen molar-refractivity contribution in [3.8, 4) is 0 Å². The Morgan fingerprint density at radius 2 is 1.48 bits per heavy atom. The van der Waals surface area contributed by atoms with E-state index in [1.54, 1.807) is 12.1 Å². The van der Waals surface area contributed by atoms with E-state index < -0.39 is 10.0 Å². The molecule has 0 heterocycles. The van der Waals surface area contributed by atoms with Crippen molar-refractivity contribution in [2.24, 2.45) is 5.14 Å². The maximum absolute atomic E-state index is 11.2. The van der Waals surface area contributed by atoms with E-state index in [1.807, 2.05) is 42.5 Å². The predicted octanol–water partition coefficient (Wildman–Crippen LogP) is 3.23. The van der Waals surface area contributed by atoms with Gasteiger partial charge >= 0.3 is 0 Å². The number of anilines is 2. The van der Waals surface area contributed by atoms with Crippen molar-refractivity contribution in [2.45, 2.75) is 4.90 Å². The molecule has 0 aliphatic carbocycles. The summed E-state index contributed by atoms with van der Waals surface area (Å²) in [6, 6.07) is 20.4. The average Bonchev–Trinajstić information content (AvgIpc) is 2.47. The van der Waals surface area contributed by atoms with E-state index in [-0.39, 0.29) is 4.90 Å². The minimum absolute atomic E-state index is 0.103. The van der Waals surface area contributed by atoms with Crippen LogP contribution in [0.5, 0.6) is 0 Å². The number of hydrogen-bond donors (Lipinski definition) is 2. The van der Waals surface area contributed by atoms with Crippen LogP contribution < -0.4 is 10.5 Å². The Hall–Kier alpha value is -2.37. The van der Waals surface area contributed by atoms with E-state index in [9.17, 15) is 8.42 Å². The third-order valence-corrected chi connectivity index (χ3v) is 4.18. The first-order chi connectivity index (χ1) is 10.0. The fraction of sp³-hybridized carbons (Fsp3) is 0. The van der Waals surface area contributed by atoms with Crippen LogP contribution in [0, 0.1) is 0 Å². The molecule has 0 aliphatic rings. The summed E-state index contributed by atoms with van der Waals surface area (Å²) in [6.45, 7) is 0. The van der Waals surface area contributed by atoms with E-state index in [0.29, 0.717) is 0 Å². The maximum atomic E-state index is 11.2. The van der Waals surface area contributed by atoms with Crippen molar-refractivity contribution >= 4 is 32.2 Å². The SMILES string of the molecule is NS(=O)(=O)c1ccc(Nc2cccc3ccccc23)cc1. The van der Waals surface area contributed by atoms with Gasteiger partial charge < -0.3 is 5.32 Å². The molecular formula is C16H14N2O2S. The molecule has 4 nitrogen and oxygen atoms in total. The molecule has 0 unspecified atom stereocenters. The number of benzene rings is 3. The third-order valence-electron chi connectivity index (χ3n) is 3.25. The molecule has 0 atom stereocenters. The van der Waals surface area contributed by atoms with Crippen molar-refractivity contribution in [1.29, 1.82) is 0 Å². The van der Waals surface area contributed by atoms with Crippen LogP contribution in [0.25, 0.3) is 10.8 Å².